The summed E-state index contributed by atoms with van der Waals surface area (Å²) >= 11 is 12.1. The van der Waals surface area contributed by atoms with Crippen LogP contribution in [0.4, 0.5) is 0 Å². The maximum atomic E-state index is 13.5. The number of nitrogens with zero attached hydrogens (tertiary/aromatic N) is 5. The minimum Gasteiger partial charge on any atom is -0.331 e. The Kier molecular flexibility index (Phi) is 5.62. The Bertz CT molecular complexity index is 1270. The topological polar surface area (TPSA) is 71.3 Å². The van der Waals surface area contributed by atoms with Crippen LogP contribution < -0.4 is 0 Å². The zero-order valence-corrected chi connectivity index (χ0v) is 19.9. The van der Waals surface area contributed by atoms with Gasteiger partial charge in [0.2, 0.25) is 0 Å². The van der Waals surface area contributed by atoms with Crippen molar-refractivity contribution in [3.8, 4) is 0 Å². The molecule has 1 atom stereocenters. The maximum absolute atomic E-state index is 13.5. The van der Waals surface area contributed by atoms with Gasteiger partial charge in [0.1, 0.15) is 5.69 Å². The van der Waals surface area contributed by atoms with Crippen molar-refractivity contribution in [2.24, 2.45) is 0 Å². The van der Waals surface area contributed by atoms with Gasteiger partial charge in [0.15, 0.2) is 0 Å². The van der Waals surface area contributed by atoms with Crippen molar-refractivity contribution in [1.82, 2.24) is 24.6 Å². The smallest absolute Gasteiger partial charge is 0.272 e. The lowest BCUT2D eigenvalue weighted by Crippen LogP contribution is -2.44. The van der Waals surface area contributed by atoms with Crippen LogP contribution in [0.1, 0.15) is 50.3 Å². The van der Waals surface area contributed by atoms with E-state index in [2.05, 4.69) is 4.98 Å². The number of hydrogen-bond acceptors (Lipinski definition) is 4. The average molecular weight is 484 g/mol. The van der Waals surface area contributed by atoms with E-state index in [1.165, 1.54) is 0 Å². The summed E-state index contributed by atoms with van der Waals surface area (Å²) in [7, 11) is 0. The summed E-state index contributed by atoms with van der Waals surface area (Å²) in [4.78, 5) is 34.8. The Hall–Kier alpha value is -2.90. The molecule has 0 unspecified atom stereocenters. The van der Waals surface area contributed by atoms with Crippen LogP contribution in [0.3, 0.4) is 0 Å². The van der Waals surface area contributed by atoms with Crippen molar-refractivity contribution in [1.29, 1.82) is 0 Å². The molecule has 3 aromatic rings. The highest BCUT2D eigenvalue weighted by atomic mass is 35.5. The van der Waals surface area contributed by atoms with Crippen LogP contribution in [-0.4, -0.2) is 49.0 Å². The Balaban J connectivity index is 1.43. The van der Waals surface area contributed by atoms with E-state index in [1.54, 1.807) is 34.0 Å². The van der Waals surface area contributed by atoms with Gasteiger partial charge in [-0.15, -0.1) is 0 Å². The largest absolute Gasteiger partial charge is 0.331 e. The molecule has 0 saturated heterocycles. The molecule has 0 saturated carbocycles. The van der Waals surface area contributed by atoms with Crippen molar-refractivity contribution in [3.63, 3.8) is 0 Å². The van der Waals surface area contributed by atoms with Gasteiger partial charge in [-0.3, -0.25) is 19.3 Å². The standard InChI is InChI=1S/C24H23Cl2N5O2/c1-14-4-3-7-27-21(14)13-29-8-9-31-22(24(29)33)17-12-30(15(2)10-20(17)28-31)23(32)16-5-6-18(25)19(26)11-16/h3-7,11,15H,8-10,12-13H2,1-2H3/t15-/m1/s1. The molecule has 0 bridgehead atoms. The molecule has 0 aliphatic carbocycles. The van der Waals surface area contributed by atoms with Crippen LogP contribution in [-0.2, 0) is 26.1 Å². The monoisotopic (exact) mass is 483 g/mol. The number of pyridine rings is 1. The van der Waals surface area contributed by atoms with Crippen LogP contribution in [0.25, 0.3) is 0 Å². The van der Waals surface area contributed by atoms with Gasteiger partial charge in [0.25, 0.3) is 11.8 Å². The lowest BCUT2D eigenvalue weighted by molar-refractivity contribution is 0.0636. The summed E-state index contributed by atoms with van der Waals surface area (Å²) in [6.07, 6.45) is 2.34. The van der Waals surface area contributed by atoms with Gasteiger partial charge in [-0.05, 0) is 43.7 Å². The van der Waals surface area contributed by atoms with Gasteiger partial charge < -0.3 is 9.80 Å². The second-order valence-electron chi connectivity index (χ2n) is 8.61. The first kappa shape index (κ1) is 21.9. The van der Waals surface area contributed by atoms with Crippen LogP contribution in [0.2, 0.25) is 10.0 Å². The van der Waals surface area contributed by atoms with Crippen molar-refractivity contribution in [3.05, 3.63) is 80.3 Å². The Labute approximate surface area is 201 Å². The molecule has 0 fully saturated rings. The first-order valence-electron chi connectivity index (χ1n) is 10.9. The zero-order valence-electron chi connectivity index (χ0n) is 18.4. The maximum Gasteiger partial charge on any atom is 0.272 e. The first-order valence-corrected chi connectivity index (χ1v) is 11.6. The molecule has 5 rings (SSSR count). The van der Waals surface area contributed by atoms with Gasteiger partial charge in [-0.2, -0.15) is 5.10 Å². The number of hydrogen-bond donors (Lipinski definition) is 0. The van der Waals surface area contributed by atoms with E-state index in [0.29, 0.717) is 53.9 Å². The van der Waals surface area contributed by atoms with Crippen molar-refractivity contribution in [2.45, 2.75) is 45.9 Å². The van der Waals surface area contributed by atoms with Gasteiger partial charge >= 0.3 is 0 Å². The summed E-state index contributed by atoms with van der Waals surface area (Å²) in [6, 6.07) is 8.72. The number of amides is 2. The van der Waals surface area contributed by atoms with E-state index in [0.717, 1.165) is 22.5 Å². The number of benzene rings is 1. The quantitative estimate of drug-likeness (QED) is 0.561. The van der Waals surface area contributed by atoms with Crippen LogP contribution >= 0.6 is 23.2 Å². The van der Waals surface area contributed by atoms with Crippen LogP contribution in [0, 0.1) is 6.92 Å². The van der Waals surface area contributed by atoms with E-state index < -0.39 is 0 Å². The second-order valence-corrected chi connectivity index (χ2v) is 9.42. The Morgan fingerprint density at radius 1 is 1.18 bits per heavy atom. The molecule has 2 aliphatic rings. The predicted octanol–water partition coefficient (Wildman–Crippen LogP) is 4.14. The van der Waals surface area contributed by atoms with Crippen LogP contribution in [0.15, 0.2) is 36.5 Å². The minimum atomic E-state index is -0.143. The number of fused-ring (bicyclic) bond motifs is 3. The third kappa shape index (κ3) is 3.89. The SMILES string of the molecule is Cc1cccnc1CN1CCn2nc3c(c2C1=O)CN(C(=O)c1ccc(Cl)c(Cl)c1)[C@H](C)C3. The first-order chi connectivity index (χ1) is 15.8. The number of carbonyl (C=O) groups excluding carboxylic acids is 2. The molecule has 2 aromatic heterocycles. The number of rotatable bonds is 3. The normalized spacial score (nSPS) is 17.7. The van der Waals surface area contributed by atoms with E-state index in [1.807, 2.05) is 30.9 Å². The molecule has 33 heavy (non-hydrogen) atoms. The molecule has 170 valence electrons. The summed E-state index contributed by atoms with van der Waals surface area (Å²) in [6.45, 7) is 5.96. The predicted molar refractivity (Wildman–Crippen MR) is 125 cm³/mol. The summed E-state index contributed by atoms with van der Waals surface area (Å²) in [5.74, 6) is -0.215. The van der Waals surface area contributed by atoms with E-state index >= 15 is 0 Å². The highest BCUT2D eigenvalue weighted by Gasteiger charge is 2.37. The lowest BCUT2D eigenvalue weighted by atomic mass is 9.97. The third-order valence-electron chi connectivity index (χ3n) is 6.44. The number of halogens is 2. The van der Waals surface area contributed by atoms with E-state index in [-0.39, 0.29) is 17.9 Å². The number of aromatic nitrogens is 3. The second kappa shape index (κ2) is 8.47. The fourth-order valence-electron chi connectivity index (χ4n) is 4.55. The van der Waals surface area contributed by atoms with Gasteiger partial charge in [-0.25, -0.2) is 0 Å². The molecule has 0 radical (unpaired) electrons. The third-order valence-corrected chi connectivity index (χ3v) is 7.18. The van der Waals surface area contributed by atoms with E-state index in [9.17, 15) is 9.59 Å². The Morgan fingerprint density at radius 3 is 2.76 bits per heavy atom. The summed E-state index contributed by atoms with van der Waals surface area (Å²) in [5, 5.41) is 5.46. The molecule has 4 heterocycles. The highest BCUT2D eigenvalue weighted by molar-refractivity contribution is 6.42. The molecule has 0 spiro atoms. The van der Waals surface area contributed by atoms with Crippen molar-refractivity contribution >= 4 is 35.0 Å². The fraction of sp³-hybridized carbons (Fsp3) is 0.333. The molecule has 2 amide bonds. The van der Waals surface area contributed by atoms with Crippen molar-refractivity contribution < 1.29 is 9.59 Å². The fourth-order valence-corrected chi connectivity index (χ4v) is 4.84. The number of carbonyl (C=O) groups is 2. The molecular weight excluding hydrogens is 461 g/mol. The molecule has 2 aliphatic heterocycles. The average Bonchev–Trinajstić information content (AvgIpc) is 3.15. The summed E-state index contributed by atoms with van der Waals surface area (Å²) in [5.41, 5.74) is 4.70. The summed E-state index contributed by atoms with van der Waals surface area (Å²) < 4.78 is 1.80. The van der Waals surface area contributed by atoms with Gasteiger partial charge in [-0.1, -0.05) is 29.3 Å². The molecule has 9 heteroatoms. The van der Waals surface area contributed by atoms with Crippen molar-refractivity contribution in [2.75, 3.05) is 6.54 Å². The van der Waals surface area contributed by atoms with Gasteiger partial charge in [0, 0.05) is 36.3 Å². The van der Waals surface area contributed by atoms with Gasteiger partial charge in [0.05, 0.1) is 41.1 Å². The highest BCUT2D eigenvalue weighted by Crippen LogP contribution is 2.31. The molecular formula is C24H23Cl2N5O2. The lowest BCUT2D eigenvalue weighted by Gasteiger charge is -2.34. The molecule has 0 N–H and O–H groups in total. The zero-order chi connectivity index (χ0) is 23.3. The number of aryl methyl sites for hydroxylation is 1. The van der Waals surface area contributed by atoms with E-state index in [4.69, 9.17) is 28.3 Å². The minimum absolute atomic E-state index is 0.0567. The molecule has 1 aromatic carbocycles. The molecule has 7 nitrogen and oxygen atoms in total. The Morgan fingerprint density at radius 2 is 2.00 bits per heavy atom. The van der Waals surface area contributed by atoms with Crippen LogP contribution in [0.5, 0.6) is 0 Å².